The maximum Gasteiger partial charge on any atom is 0.130 e. The van der Waals surface area contributed by atoms with E-state index in [9.17, 15) is 0 Å². The van der Waals surface area contributed by atoms with Gasteiger partial charge in [0.15, 0.2) is 0 Å². The summed E-state index contributed by atoms with van der Waals surface area (Å²) in [5.41, 5.74) is 4.53. The Labute approximate surface area is 144 Å². The highest BCUT2D eigenvalue weighted by atomic mass is 35.5. The molecule has 5 heteroatoms. The van der Waals surface area contributed by atoms with E-state index in [1.165, 1.54) is 5.56 Å². The summed E-state index contributed by atoms with van der Waals surface area (Å²) in [5, 5.41) is 5.96. The van der Waals surface area contributed by atoms with E-state index in [-0.39, 0.29) is 0 Å². The van der Waals surface area contributed by atoms with Crippen molar-refractivity contribution in [2.75, 3.05) is 13.1 Å². The third kappa shape index (κ3) is 2.82. The summed E-state index contributed by atoms with van der Waals surface area (Å²) >= 11 is 12.2. The van der Waals surface area contributed by atoms with Gasteiger partial charge in [0.05, 0.1) is 6.54 Å². The first-order valence-electron chi connectivity index (χ1n) is 7.54. The van der Waals surface area contributed by atoms with Crippen LogP contribution in [-0.2, 0) is 6.42 Å². The van der Waals surface area contributed by atoms with Crippen molar-refractivity contribution in [1.29, 1.82) is 0 Å². The van der Waals surface area contributed by atoms with Crippen molar-refractivity contribution < 1.29 is 0 Å². The van der Waals surface area contributed by atoms with Gasteiger partial charge in [0, 0.05) is 45.2 Å². The van der Waals surface area contributed by atoms with Gasteiger partial charge in [-0.25, -0.2) is 0 Å². The Morgan fingerprint density at radius 3 is 2.52 bits per heavy atom. The minimum atomic E-state index is 0.731. The molecule has 3 aromatic rings. The fraction of sp³-hybridized carbons (Fsp3) is 0.167. The second kappa shape index (κ2) is 5.91. The van der Waals surface area contributed by atoms with E-state index in [0.717, 1.165) is 57.6 Å². The Bertz CT molecular complexity index is 895. The van der Waals surface area contributed by atoms with E-state index < -0.39 is 0 Å². The fourth-order valence-electron chi connectivity index (χ4n) is 2.99. The number of hydrogen-bond acceptors (Lipinski definition) is 2. The highest BCUT2D eigenvalue weighted by Gasteiger charge is 2.19. The molecule has 0 bridgehead atoms. The molecule has 0 saturated carbocycles. The molecule has 1 aliphatic rings. The summed E-state index contributed by atoms with van der Waals surface area (Å²) in [7, 11) is 0. The standard InChI is InChI=1S/C18H15Cl2N3/c19-12-3-1-11(2-4-12)9-16-17(18-21-7-8-22-18)14-10-13(20)5-6-15(14)23-16/h1-6,10,23H,7-9H2,(H,21,22). The van der Waals surface area contributed by atoms with Crippen LogP contribution in [0.2, 0.25) is 10.0 Å². The van der Waals surface area contributed by atoms with E-state index >= 15 is 0 Å². The molecule has 4 rings (SSSR count). The van der Waals surface area contributed by atoms with Gasteiger partial charge in [0.1, 0.15) is 5.84 Å². The zero-order valence-corrected chi connectivity index (χ0v) is 13.9. The number of H-pyrrole nitrogens is 1. The average molecular weight is 344 g/mol. The van der Waals surface area contributed by atoms with Crippen LogP contribution < -0.4 is 5.32 Å². The maximum absolute atomic E-state index is 6.20. The lowest BCUT2D eigenvalue weighted by Crippen LogP contribution is -2.20. The zero-order valence-electron chi connectivity index (χ0n) is 12.4. The number of rotatable bonds is 3. The first kappa shape index (κ1) is 14.6. The van der Waals surface area contributed by atoms with E-state index in [2.05, 4.69) is 27.4 Å². The predicted molar refractivity (Wildman–Crippen MR) is 97.0 cm³/mol. The van der Waals surface area contributed by atoms with E-state index in [4.69, 9.17) is 23.2 Å². The second-order valence-electron chi connectivity index (χ2n) is 5.63. The number of aliphatic imine (C=N–C) groups is 1. The van der Waals surface area contributed by atoms with Crippen molar-refractivity contribution in [1.82, 2.24) is 10.3 Å². The first-order valence-corrected chi connectivity index (χ1v) is 8.29. The molecule has 1 aromatic heterocycles. The molecule has 0 amide bonds. The molecule has 0 saturated heterocycles. The smallest absolute Gasteiger partial charge is 0.130 e. The highest BCUT2D eigenvalue weighted by Crippen LogP contribution is 2.28. The van der Waals surface area contributed by atoms with Gasteiger partial charge in [-0.15, -0.1) is 0 Å². The lowest BCUT2D eigenvalue weighted by molar-refractivity contribution is 0.959. The van der Waals surface area contributed by atoms with Crippen LogP contribution in [-0.4, -0.2) is 23.9 Å². The third-order valence-corrected chi connectivity index (χ3v) is 4.53. The number of amidine groups is 1. The summed E-state index contributed by atoms with van der Waals surface area (Å²) < 4.78 is 0. The molecule has 23 heavy (non-hydrogen) atoms. The van der Waals surface area contributed by atoms with Gasteiger partial charge in [0.2, 0.25) is 0 Å². The Balaban J connectivity index is 1.84. The molecule has 0 unspecified atom stereocenters. The van der Waals surface area contributed by atoms with Crippen LogP contribution in [0.5, 0.6) is 0 Å². The maximum atomic E-state index is 6.20. The van der Waals surface area contributed by atoms with Crippen LogP contribution in [0, 0.1) is 0 Å². The lowest BCUT2D eigenvalue weighted by atomic mass is 10.0. The first-order chi connectivity index (χ1) is 11.2. The Hall–Kier alpha value is -1.97. The van der Waals surface area contributed by atoms with E-state index in [1.54, 1.807) is 0 Å². The Morgan fingerprint density at radius 1 is 1.00 bits per heavy atom. The summed E-state index contributed by atoms with van der Waals surface area (Å²) in [4.78, 5) is 8.11. The van der Waals surface area contributed by atoms with Gasteiger partial charge in [-0.1, -0.05) is 35.3 Å². The van der Waals surface area contributed by atoms with Crippen molar-refractivity contribution in [3.8, 4) is 0 Å². The SMILES string of the molecule is Clc1ccc(Cc2[nH]c3ccc(Cl)cc3c2C2=NCCN2)cc1. The average Bonchev–Trinajstić information content (AvgIpc) is 3.16. The molecule has 3 nitrogen and oxygen atoms in total. The second-order valence-corrected chi connectivity index (χ2v) is 6.50. The quantitative estimate of drug-likeness (QED) is 0.726. The van der Waals surface area contributed by atoms with E-state index in [0.29, 0.717) is 0 Å². The number of nitrogens with one attached hydrogen (secondary N) is 2. The Morgan fingerprint density at radius 2 is 1.78 bits per heavy atom. The minimum absolute atomic E-state index is 0.731. The van der Waals surface area contributed by atoms with Gasteiger partial charge in [-0.2, -0.15) is 0 Å². The highest BCUT2D eigenvalue weighted by molar-refractivity contribution is 6.31. The van der Waals surface area contributed by atoms with Crippen molar-refractivity contribution in [2.24, 2.45) is 4.99 Å². The number of benzene rings is 2. The molecule has 2 N–H and O–H groups in total. The molecule has 0 atom stereocenters. The number of hydrogen-bond donors (Lipinski definition) is 2. The molecule has 0 fully saturated rings. The molecular formula is C18H15Cl2N3. The molecular weight excluding hydrogens is 329 g/mol. The van der Waals surface area contributed by atoms with Crippen molar-refractivity contribution in [3.05, 3.63) is 69.3 Å². The normalized spacial score (nSPS) is 14.1. The molecule has 2 aromatic carbocycles. The summed E-state index contributed by atoms with van der Waals surface area (Å²) in [5.74, 6) is 0.947. The summed E-state index contributed by atoms with van der Waals surface area (Å²) in [6, 6.07) is 13.9. The van der Waals surface area contributed by atoms with Gasteiger partial charge >= 0.3 is 0 Å². The van der Waals surface area contributed by atoms with Gasteiger partial charge < -0.3 is 10.3 Å². The van der Waals surface area contributed by atoms with Crippen molar-refractivity contribution in [2.45, 2.75) is 6.42 Å². The number of halogens is 2. The predicted octanol–water partition coefficient (Wildman–Crippen LogP) is 4.42. The van der Waals surface area contributed by atoms with Crippen LogP contribution in [0.15, 0.2) is 47.5 Å². The third-order valence-electron chi connectivity index (χ3n) is 4.04. The van der Waals surface area contributed by atoms with E-state index in [1.807, 2.05) is 30.3 Å². The number of nitrogens with zero attached hydrogens (tertiary/aromatic N) is 1. The monoisotopic (exact) mass is 343 g/mol. The van der Waals surface area contributed by atoms with Crippen LogP contribution in [0.25, 0.3) is 10.9 Å². The topological polar surface area (TPSA) is 40.2 Å². The fourth-order valence-corrected chi connectivity index (χ4v) is 3.29. The van der Waals surface area contributed by atoms with Gasteiger partial charge in [-0.05, 0) is 35.9 Å². The van der Waals surface area contributed by atoms with Crippen molar-refractivity contribution in [3.63, 3.8) is 0 Å². The minimum Gasteiger partial charge on any atom is -0.368 e. The van der Waals surface area contributed by atoms with Gasteiger partial charge in [0.25, 0.3) is 0 Å². The van der Waals surface area contributed by atoms with Crippen LogP contribution in [0.1, 0.15) is 16.8 Å². The molecule has 1 aliphatic heterocycles. The Kier molecular flexibility index (Phi) is 3.76. The molecule has 0 aliphatic carbocycles. The van der Waals surface area contributed by atoms with Crippen molar-refractivity contribution >= 4 is 39.9 Å². The number of aromatic amines is 1. The lowest BCUT2D eigenvalue weighted by Gasteiger charge is -2.06. The molecule has 116 valence electrons. The van der Waals surface area contributed by atoms with Crippen LogP contribution >= 0.6 is 23.2 Å². The van der Waals surface area contributed by atoms with Crippen LogP contribution in [0.3, 0.4) is 0 Å². The van der Waals surface area contributed by atoms with Crippen LogP contribution in [0.4, 0.5) is 0 Å². The zero-order chi connectivity index (χ0) is 15.8. The number of fused-ring (bicyclic) bond motifs is 1. The molecule has 0 spiro atoms. The number of aromatic nitrogens is 1. The summed E-state index contributed by atoms with van der Waals surface area (Å²) in [6.07, 6.45) is 0.791. The summed E-state index contributed by atoms with van der Waals surface area (Å²) in [6.45, 7) is 1.69. The van der Waals surface area contributed by atoms with Gasteiger partial charge in [-0.3, -0.25) is 4.99 Å². The molecule has 2 heterocycles. The largest absolute Gasteiger partial charge is 0.368 e. The molecule has 0 radical (unpaired) electrons.